The summed E-state index contributed by atoms with van der Waals surface area (Å²) in [6.45, 7) is 2.46. The number of aromatic nitrogens is 1. The van der Waals surface area contributed by atoms with E-state index >= 15 is 0 Å². The number of carbonyl (C=O) groups is 1. The van der Waals surface area contributed by atoms with Crippen LogP contribution in [0.1, 0.15) is 11.6 Å². The number of halogens is 1. The highest BCUT2D eigenvalue weighted by molar-refractivity contribution is 5.81. The van der Waals surface area contributed by atoms with E-state index in [4.69, 9.17) is 0 Å². The van der Waals surface area contributed by atoms with E-state index in [2.05, 4.69) is 12.1 Å². The third-order valence-corrected chi connectivity index (χ3v) is 5.33. The Kier molecular flexibility index (Phi) is 5.42. The molecule has 3 aromatic rings. The van der Waals surface area contributed by atoms with Gasteiger partial charge in [0.25, 0.3) is 0 Å². The number of rotatable bonds is 5. The molecule has 1 fully saturated rings. The molecule has 1 atom stereocenters. The van der Waals surface area contributed by atoms with Gasteiger partial charge in [-0.2, -0.15) is 0 Å². The van der Waals surface area contributed by atoms with Crippen molar-refractivity contribution in [2.75, 3.05) is 31.1 Å². The minimum atomic E-state index is -0.266. The first-order valence-electron chi connectivity index (χ1n) is 9.67. The lowest BCUT2D eigenvalue weighted by Gasteiger charge is -2.38. The highest BCUT2D eigenvalue weighted by Gasteiger charge is 2.29. The lowest BCUT2D eigenvalue weighted by molar-refractivity contribution is -0.135. The fourth-order valence-electron chi connectivity index (χ4n) is 3.80. The molecule has 0 N–H and O–H groups in total. The third kappa shape index (κ3) is 3.93. The SMILES string of the molecule is O=C([C@@H](Cc1ccccc1)n1cccc1)N1CCN(c2ccccc2F)CC1. The van der Waals surface area contributed by atoms with Gasteiger partial charge in [0.05, 0.1) is 5.69 Å². The van der Waals surface area contributed by atoms with Crippen LogP contribution in [0.5, 0.6) is 0 Å². The second-order valence-electron chi connectivity index (χ2n) is 7.10. The van der Waals surface area contributed by atoms with E-state index in [0.717, 1.165) is 5.56 Å². The fourth-order valence-corrected chi connectivity index (χ4v) is 3.80. The molecule has 1 aliphatic heterocycles. The van der Waals surface area contributed by atoms with Crippen molar-refractivity contribution < 1.29 is 9.18 Å². The van der Waals surface area contributed by atoms with Crippen molar-refractivity contribution in [2.24, 2.45) is 0 Å². The molecule has 1 saturated heterocycles. The molecule has 1 aliphatic rings. The summed E-state index contributed by atoms with van der Waals surface area (Å²) in [5.74, 6) is -0.0928. The van der Waals surface area contributed by atoms with E-state index in [1.54, 1.807) is 12.1 Å². The van der Waals surface area contributed by atoms with Gasteiger partial charge in [0, 0.05) is 45.0 Å². The molecule has 0 spiro atoms. The first kappa shape index (κ1) is 18.3. The van der Waals surface area contributed by atoms with E-state index in [9.17, 15) is 9.18 Å². The molecule has 0 saturated carbocycles. The van der Waals surface area contributed by atoms with E-state index in [1.165, 1.54) is 6.07 Å². The quantitative estimate of drug-likeness (QED) is 0.677. The summed E-state index contributed by atoms with van der Waals surface area (Å²) in [7, 11) is 0. The summed E-state index contributed by atoms with van der Waals surface area (Å²) in [4.78, 5) is 17.2. The molecule has 28 heavy (non-hydrogen) atoms. The van der Waals surface area contributed by atoms with Gasteiger partial charge < -0.3 is 14.4 Å². The maximum atomic E-state index is 14.1. The van der Waals surface area contributed by atoms with E-state index in [-0.39, 0.29) is 17.8 Å². The zero-order valence-corrected chi connectivity index (χ0v) is 15.7. The molecule has 0 unspecified atom stereocenters. The molecule has 0 bridgehead atoms. The third-order valence-electron chi connectivity index (χ3n) is 5.33. The summed E-state index contributed by atoms with van der Waals surface area (Å²) in [5.41, 5.74) is 1.75. The van der Waals surface area contributed by atoms with Gasteiger partial charge in [0.2, 0.25) is 5.91 Å². The number of hydrogen-bond donors (Lipinski definition) is 0. The van der Waals surface area contributed by atoms with Gasteiger partial charge in [0.1, 0.15) is 11.9 Å². The Balaban J connectivity index is 1.47. The molecule has 4 nitrogen and oxygen atoms in total. The molecule has 0 radical (unpaired) electrons. The first-order chi connectivity index (χ1) is 13.7. The molecular formula is C23H24FN3O. The standard InChI is InChI=1S/C23H24FN3O/c24-20-10-4-5-11-21(20)26-14-16-27(17-15-26)23(28)22(25-12-6-7-13-25)18-19-8-2-1-3-9-19/h1-13,22H,14-18H2/t22-/m1/s1. The van der Waals surface area contributed by atoms with Crippen molar-refractivity contribution in [3.63, 3.8) is 0 Å². The number of benzene rings is 2. The monoisotopic (exact) mass is 377 g/mol. The normalized spacial score (nSPS) is 15.5. The van der Waals surface area contributed by atoms with Crippen molar-refractivity contribution >= 4 is 11.6 Å². The zero-order valence-electron chi connectivity index (χ0n) is 15.7. The fraction of sp³-hybridized carbons (Fsp3) is 0.261. The van der Waals surface area contributed by atoms with Gasteiger partial charge in [-0.25, -0.2) is 4.39 Å². The topological polar surface area (TPSA) is 28.5 Å². The summed E-state index contributed by atoms with van der Waals surface area (Å²) in [6, 6.07) is 20.5. The van der Waals surface area contributed by atoms with Crippen LogP contribution in [0.25, 0.3) is 0 Å². The predicted molar refractivity (Wildman–Crippen MR) is 109 cm³/mol. The Morgan fingerprint density at radius 1 is 0.857 bits per heavy atom. The number of hydrogen-bond acceptors (Lipinski definition) is 2. The van der Waals surface area contributed by atoms with Crippen LogP contribution < -0.4 is 4.90 Å². The molecule has 2 heterocycles. The second kappa shape index (κ2) is 8.30. The molecule has 1 amide bonds. The molecule has 0 aliphatic carbocycles. The number of para-hydroxylation sites is 1. The highest BCUT2D eigenvalue weighted by Crippen LogP contribution is 2.23. The summed E-state index contributed by atoms with van der Waals surface area (Å²) in [5, 5.41) is 0. The zero-order chi connectivity index (χ0) is 19.3. The van der Waals surface area contributed by atoms with Crippen molar-refractivity contribution in [3.8, 4) is 0 Å². The van der Waals surface area contributed by atoms with Crippen LogP contribution in [-0.4, -0.2) is 41.6 Å². The van der Waals surface area contributed by atoms with Crippen LogP contribution in [0.15, 0.2) is 79.1 Å². The highest BCUT2D eigenvalue weighted by atomic mass is 19.1. The van der Waals surface area contributed by atoms with Crippen molar-refractivity contribution in [1.29, 1.82) is 0 Å². The van der Waals surface area contributed by atoms with Crippen LogP contribution in [0.3, 0.4) is 0 Å². The number of piperazine rings is 1. The van der Waals surface area contributed by atoms with Crippen LogP contribution in [0.2, 0.25) is 0 Å². The average molecular weight is 377 g/mol. The van der Waals surface area contributed by atoms with E-state index in [0.29, 0.717) is 38.3 Å². The molecular weight excluding hydrogens is 353 g/mol. The van der Waals surface area contributed by atoms with Gasteiger partial charge in [-0.1, -0.05) is 42.5 Å². The predicted octanol–water partition coefficient (Wildman–Crippen LogP) is 3.76. The van der Waals surface area contributed by atoms with Crippen LogP contribution >= 0.6 is 0 Å². The largest absolute Gasteiger partial charge is 0.366 e. The van der Waals surface area contributed by atoms with Crippen molar-refractivity contribution in [3.05, 3.63) is 90.5 Å². The van der Waals surface area contributed by atoms with Gasteiger partial charge in [-0.15, -0.1) is 0 Å². The van der Waals surface area contributed by atoms with Crippen LogP contribution in [-0.2, 0) is 11.2 Å². The second-order valence-corrected chi connectivity index (χ2v) is 7.10. The number of amides is 1. The van der Waals surface area contributed by atoms with E-state index < -0.39 is 0 Å². The smallest absolute Gasteiger partial charge is 0.246 e. The minimum absolute atomic E-state index is 0.119. The van der Waals surface area contributed by atoms with Gasteiger partial charge >= 0.3 is 0 Å². The van der Waals surface area contributed by atoms with Crippen molar-refractivity contribution in [1.82, 2.24) is 9.47 Å². The maximum absolute atomic E-state index is 14.1. The number of nitrogens with zero attached hydrogens (tertiary/aromatic N) is 3. The van der Waals surface area contributed by atoms with Gasteiger partial charge in [-0.3, -0.25) is 4.79 Å². The average Bonchev–Trinajstić information content (AvgIpc) is 3.27. The Hall–Kier alpha value is -3.08. The van der Waals surface area contributed by atoms with Gasteiger partial charge in [-0.05, 0) is 29.8 Å². The Labute approximate surface area is 164 Å². The lowest BCUT2D eigenvalue weighted by atomic mass is 10.0. The van der Waals surface area contributed by atoms with Gasteiger partial charge in [0.15, 0.2) is 0 Å². The number of carbonyl (C=O) groups excluding carboxylic acids is 1. The first-order valence-corrected chi connectivity index (χ1v) is 9.67. The maximum Gasteiger partial charge on any atom is 0.246 e. The summed E-state index contributed by atoms with van der Waals surface area (Å²) in [6.07, 6.45) is 4.55. The molecule has 1 aromatic heterocycles. The molecule has 144 valence electrons. The Bertz CT molecular complexity index is 903. The molecule has 4 rings (SSSR count). The van der Waals surface area contributed by atoms with E-state index in [1.807, 2.05) is 63.2 Å². The summed E-state index contributed by atoms with van der Waals surface area (Å²) >= 11 is 0. The van der Waals surface area contributed by atoms with Crippen molar-refractivity contribution in [2.45, 2.75) is 12.5 Å². The minimum Gasteiger partial charge on any atom is -0.366 e. The number of anilines is 1. The summed E-state index contributed by atoms with van der Waals surface area (Å²) < 4.78 is 16.0. The molecule has 5 heteroatoms. The molecule has 2 aromatic carbocycles. The van der Waals surface area contributed by atoms with Crippen LogP contribution in [0.4, 0.5) is 10.1 Å². The Morgan fingerprint density at radius 3 is 2.18 bits per heavy atom. The lowest BCUT2D eigenvalue weighted by Crippen LogP contribution is -2.51. The Morgan fingerprint density at radius 2 is 1.50 bits per heavy atom. The van der Waals surface area contributed by atoms with Crippen LogP contribution in [0, 0.1) is 5.82 Å².